The summed E-state index contributed by atoms with van der Waals surface area (Å²) in [5, 5.41) is 3.44. The number of hydrogen-bond donors (Lipinski definition) is 1. The molecular weight excluding hydrogens is 214 g/mol. The molecule has 17 heavy (non-hydrogen) atoms. The minimum absolute atomic E-state index is 0.480. The number of likely N-dealkylation sites (N-methyl/N-ethyl adjacent to an activating group) is 1. The van der Waals surface area contributed by atoms with Crippen LogP contribution in [0.3, 0.4) is 0 Å². The van der Waals surface area contributed by atoms with Crippen molar-refractivity contribution in [3.63, 3.8) is 0 Å². The van der Waals surface area contributed by atoms with E-state index in [1.165, 1.54) is 0 Å². The Morgan fingerprint density at radius 3 is 2.76 bits per heavy atom. The lowest BCUT2D eigenvalue weighted by Gasteiger charge is -2.15. The zero-order valence-electron chi connectivity index (χ0n) is 11.1. The second-order valence-corrected chi connectivity index (χ2v) is 4.06. The standard InChI is InChI=1S/C13H23N3O/c1-4-7-17-13-9-12(15-10-16-13)8-11(5-2)14-6-3/h9-11,14H,4-8H2,1-3H3. The normalized spacial score (nSPS) is 12.4. The minimum atomic E-state index is 0.480. The van der Waals surface area contributed by atoms with Gasteiger partial charge < -0.3 is 10.1 Å². The highest BCUT2D eigenvalue weighted by atomic mass is 16.5. The fourth-order valence-electron chi connectivity index (χ4n) is 1.68. The molecule has 0 aliphatic heterocycles. The van der Waals surface area contributed by atoms with Gasteiger partial charge in [0, 0.05) is 24.2 Å². The van der Waals surface area contributed by atoms with E-state index < -0.39 is 0 Å². The number of ether oxygens (including phenoxy) is 1. The molecule has 1 heterocycles. The molecule has 1 rings (SSSR count). The summed E-state index contributed by atoms with van der Waals surface area (Å²) in [6, 6.07) is 2.42. The van der Waals surface area contributed by atoms with E-state index in [9.17, 15) is 0 Å². The maximum Gasteiger partial charge on any atom is 0.216 e. The van der Waals surface area contributed by atoms with Gasteiger partial charge in [0.1, 0.15) is 6.33 Å². The average molecular weight is 237 g/mol. The van der Waals surface area contributed by atoms with Crippen molar-refractivity contribution in [2.45, 2.75) is 46.1 Å². The molecule has 0 radical (unpaired) electrons. The van der Waals surface area contributed by atoms with E-state index >= 15 is 0 Å². The van der Waals surface area contributed by atoms with Gasteiger partial charge >= 0.3 is 0 Å². The first kappa shape index (κ1) is 13.9. The lowest BCUT2D eigenvalue weighted by Crippen LogP contribution is -2.30. The van der Waals surface area contributed by atoms with Crippen LogP contribution in [0.1, 0.15) is 39.3 Å². The van der Waals surface area contributed by atoms with Gasteiger partial charge in [-0.1, -0.05) is 20.8 Å². The molecule has 0 aliphatic carbocycles. The van der Waals surface area contributed by atoms with Crippen LogP contribution in [-0.2, 0) is 6.42 Å². The van der Waals surface area contributed by atoms with Crippen molar-refractivity contribution in [2.75, 3.05) is 13.2 Å². The number of aromatic nitrogens is 2. The van der Waals surface area contributed by atoms with E-state index in [-0.39, 0.29) is 0 Å². The van der Waals surface area contributed by atoms with Gasteiger partial charge in [-0.05, 0) is 19.4 Å². The third-order valence-corrected chi connectivity index (χ3v) is 2.59. The molecular formula is C13H23N3O. The predicted molar refractivity (Wildman–Crippen MR) is 69.3 cm³/mol. The molecule has 4 heteroatoms. The summed E-state index contributed by atoms with van der Waals surface area (Å²) in [5.41, 5.74) is 1.04. The van der Waals surface area contributed by atoms with Crippen molar-refractivity contribution >= 4 is 0 Å². The number of hydrogen-bond acceptors (Lipinski definition) is 4. The van der Waals surface area contributed by atoms with Crippen molar-refractivity contribution in [2.24, 2.45) is 0 Å². The van der Waals surface area contributed by atoms with Gasteiger partial charge in [-0.25, -0.2) is 9.97 Å². The van der Waals surface area contributed by atoms with Gasteiger partial charge in [-0.15, -0.1) is 0 Å². The Morgan fingerprint density at radius 2 is 2.12 bits per heavy atom. The summed E-state index contributed by atoms with van der Waals surface area (Å²) in [6.45, 7) is 8.09. The first-order chi connectivity index (χ1) is 8.30. The SMILES string of the molecule is CCCOc1cc(CC(CC)NCC)ncn1. The zero-order chi connectivity index (χ0) is 12.5. The van der Waals surface area contributed by atoms with Crippen molar-refractivity contribution in [1.29, 1.82) is 0 Å². The molecule has 1 atom stereocenters. The molecule has 1 N–H and O–H groups in total. The lowest BCUT2D eigenvalue weighted by atomic mass is 10.1. The molecule has 0 aliphatic rings. The highest BCUT2D eigenvalue weighted by molar-refractivity contribution is 5.14. The Kier molecular flexibility index (Phi) is 6.55. The first-order valence-corrected chi connectivity index (χ1v) is 6.47. The topological polar surface area (TPSA) is 47.0 Å². The molecule has 0 bridgehead atoms. The van der Waals surface area contributed by atoms with Crippen LogP contribution in [-0.4, -0.2) is 29.2 Å². The van der Waals surface area contributed by atoms with Crippen molar-refractivity contribution in [3.05, 3.63) is 18.1 Å². The Morgan fingerprint density at radius 1 is 1.29 bits per heavy atom. The molecule has 0 aromatic carbocycles. The van der Waals surface area contributed by atoms with E-state index in [0.717, 1.165) is 31.5 Å². The second-order valence-electron chi connectivity index (χ2n) is 4.06. The van der Waals surface area contributed by atoms with Crippen molar-refractivity contribution < 1.29 is 4.74 Å². The van der Waals surface area contributed by atoms with E-state index in [0.29, 0.717) is 18.5 Å². The van der Waals surface area contributed by atoms with Gasteiger partial charge in [-0.3, -0.25) is 0 Å². The Bertz CT molecular complexity index is 317. The van der Waals surface area contributed by atoms with E-state index in [1.807, 2.05) is 6.07 Å². The molecule has 0 fully saturated rings. The molecule has 0 saturated heterocycles. The highest BCUT2D eigenvalue weighted by Crippen LogP contribution is 2.10. The number of nitrogens with one attached hydrogen (secondary N) is 1. The van der Waals surface area contributed by atoms with E-state index in [4.69, 9.17) is 4.74 Å². The fraction of sp³-hybridized carbons (Fsp3) is 0.692. The summed E-state index contributed by atoms with van der Waals surface area (Å²) in [4.78, 5) is 8.39. The maximum absolute atomic E-state index is 5.50. The van der Waals surface area contributed by atoms with Crippen LogP contribution in [0.4, 0.5) is 0 Å². The summed E-state index contributed by atoms with van der Waals surface area (Å²) in [7, 11) is 0. The molecule has 1 aromatic heterocycles. The summed E-state index contributed by atoms with van der Waals surface area (Å²) >= 11 is 0. The molecule has 0 amide bonds. The Hall–Kier alpha value is -1.16. The van der Waals surface area contributed by atoms with Crippen LogP contribution in [0, 0.1) is 0 Å². The molecule has 4 nitrogen and oxygen atoms in total. The molecule has 1 unspecified atom stereocenters. The Labute approximate surface area is 104 Å². The zero-order valence-corrected chi connectivity index (χ0v) is 11.1. The number of nitrogens with zero attached hydrogens (tertiary/aromatic N) is 2. The van der Waals surface area contributed by atoms with Gasteiger partial charge in [0.25, 0.3) is 0 Å². The predicted octanol–water partition coefficient (Wildman–Crippen LogP) is 2.20. The number of rotatable bonds is 8. The van der Waals surface area contributed by atoms with Crippen LogP contribution in [0.25, 0.3) is 0 Å². The van der Waals surface area contributed by atoms with Crippen LogP contribution in [0.2, 0.25) is 0 Å². The molecule has 0 saturated carbocycles. The van der Waals surface area contributed by atoms with Gasteiger partial charge in [0.05, 0.1) is 6.61 Å². The van der Waals surface area contributed by atoms with Gasteiger partial charge in [0.15, 0.2) is 0 Å². The lowest BCUT2D eigenvalue weighted by molar-refractivity contribution is 0.304. The van der Waals surface area contributed by atoms with Crippen LogP contribution >= 0.6 is 0 Å². The first-order valence-electron chi connectivity index (χ1n) is 6.47. The summed E-state index contributed by atoms with van der Waals surface area (Å²) in [5.74, 6) is 0.684. The highest BCUT2D eigenvalue weighted by Gasteiger charge is 2.07. The van der Waals surface area contributed by atoms with Crippen molar-refractivity contribution in [3.8, 4) is 5.88 Å². The summed E-state index contributed by atoms with van der Waals surface area (Å²) < 4.78 is 5.50. The van der Waals surface area contributed by atoms with Crippen LogP contribution < -0.4 is 10.1 Å². The smallest absolute Gasteiger partial charge is 0.216 e. The second kappa shape index (κ2) is 8.01. The third kappa shape index (κ3) is 5.13. The summed E-state index contributed by atoms with van der Waals surface area (Å²) in [6.07, 6.45) is 4.60. The largest absolute Gasteiger partial charge is 0.478 e. The molecule has 96 valence electrons. The molecule has 0 spiro atoms. The van der Waals surface area contributed by atoms with Gasteiger partial charge in [0.2, 0.25) is 5.88 Å². The molecule has 1 aromatic rings. The van der Waals surface area contributed by atoms with Crippen molar-refractivity contribution in [1.82, 2.24) is 15.3 Å². The van der Waals surface area contributed by atoms with Gasteiger partial charge in [-0.2, -0.15) is 0 Å². The minimum Gasteiger partial charge on any atom is -0.478 e. The third-order valence-electron chi connectivity index (χ3n) is 2.59. The average Bonchev–Trinajstić information content (AvgIpc) is 2.36. The Balaban J connectivity index is 2.57. The van der Waals surface area contributed by atoms with Crippen LogP contribution in [0.5, 0.6) is 5.88 Å². The monoisotopic (exact) mass is 237 g/mol. The maximum atomic E-state index is 5.50. The van der Waals surface area contributed by atoms with Crippen LogP contribution in [0.15, 0.2) is 12.4 Å². The van der Waals surface area contributed by atoms with E-state index in [2.05, 4.69) is 36.1 Å². The van der Waals surface area contributed by atoms with E-state index in [1.54, 1.807) is 6.33 Å². The quantitative estimate of drug-likeness (QED) is 0.753. The fourth-order valence-corrected chi connectivity index (χ4v) is 1.68.